The number of carbonyl (C=O) groups is 1. The van der Waals surface area contributed by atoms with Crippen molar-refractivity contribution in [3.63, 3.8) is 0 Å². The second-order valence-corrected chi connectivity index (χ2v) is 5.72. The molecule has 2 aromatic carbocycles. The first kappa shape index (κ1) is 18.5. The number of benzene rings is 2. The van der Waals surface area contributed by atoms with Crippen LogP contribution in [0.25, 0.3) is 6.08 Å². The van der Waals surface area contributed by atoms with E-state index in [0.717, 1.165) is 5.56 Å². The molecular formula is C22H15N3O3. The number of anilines is 1. The SMILES string of the molecule is O=C(C=Cc1cccc([N+](=O)[O-])c1)Nc1cccc(C#Cc2ccccn2)c1. The Balaban J connectivity index is 1.67. The second kappa shape index (κ2) is 8.92. The lowest BCUT2D eigenvalue weighted by molar-refractivity contribution is -0.384. The summed E-state index contributed by atoms with van der Waals surface area (Å²) in [4.78, 5) is 26.6. The lowest BCUT2D eigenvalue weighted by Crippen LogP contribution is -2.07. The smallest absolute Gasteiger partial charge is 0.270 e. The standard InChI is InChI=1S/C22H15N3O3/c26-22(13-11-18-6-4-9-21(16-18)25(27)28)24-20-8-3-5-17(15-20)10-12-19-7-1-2-14-23-19/h1-9,11,13-16H,(H,24,26). The van der Waals surface area contributed by atoms with Gasteiger partial charge in [0, 0.05) is 35.7 Å². The summed E-state index contributed by atoms with van der Waals surface area (Å²) in [6.45, 7) is 0. The third-order valence-electron chi connectivity index (χ3n) is 3.64. The number of hydrogen-bond donors (Lipinski definition) is 1. The minimum atomic E-state index is -0.477. The molecule has 0 aliphatic carbocycles. The van der Waals surface area contributed by atoms with Crippen molar-refractivity contribution in [1.82, 2.24) is 4.98 Å². The van der Waals surface area contributed by atoms with E-state index in [-0.39, 0.29) is 11.6 Å². The van der Waals surface area contributed by atoms with E-state index in [2.05, 4.69) is 22.1 Å². The molecule has 0 aliphatic rings. The van der Waals surface area contributed by atoms with Gasteiger partial charge in [0.2, 0.25) is 5.91 Å². The summed E-state index contributed by atoms with van der Waals surface area (Å²) in [6.07, 6.45) is 4.52. The molecule has 1 amide bonds. The fraction of sp³-hybridized carbons (Fsp3) is 0. The zero-order chi connectivity index (χ0) is 19.8. The van der Waals surface area contributed by atoms with E-state index >= 15 is 0 Å². The van der Waals surface area contributed by atoms with Crippen molar-refractivity contribution in [1.29, 1.82) is 0 Å². The van der Waals surface area contributed by atoms with Gasteiger partial charge in [0.15, 0.2) is 0 Å². The van der Waals surface area contributed by atoms with E-state index in [0.29, 0.717) is 16.9 Å². The monoisotopic (exact) mass is 369 g/mol. The third-order valence-corrected chi connectivity index (χ3v) is 3.64. The molecule has 3 rings (SSSR count). The van der Waals surface area contributed by atoms with Crippen LogP contribution < -0.4 is 5.32 Å². The summed E-state index contributed by atoms with van der Waals surface area (Å²) < 4.78 is 0. The molecule has 3 aromatic rings. The number of pyridine rings is 1. The summed E-state index contributed by atoms with van der Waals surface area (Å²) >= 11 is 0. The molecule has 0 unspecified atom stereocenters. The van der Waals surface area contributed by atoms with E-state index in [1.807, 2.05) is 24.3 Å². The highest BCUT2D eigenvalue weighted by atomic mass is 16.6. The third kappa shape index (κ3) is 5.38. The minimum absolute atomic E-state index is 0.0262. The molecule has 1 N–H and O–H groups in total. The highest BCUT2D eigenvalue weighted by molar-refractivity contribution is 6.02. The molecule has 0 bridgehead atoms. The Hall–Kier alpha value is -4.24. The maximum atomic E-state index is 12.1. The zero-order valence-corrected chi connectivity index (χ0v) is 14.7. The second-order valence-electron chi connectivity index (χ2n) is 5.72. The van der Waals surface area contributed by atoms with Gasteiger partial charge >= 0.3 is 0 Å². The number of nitro benzene ring substituents is 1. The molecular weight excluding hydrogens is 354 g/mol. The van der Waals surface area contributed by atoms with Gasteiger partial charge < -0.3 is 5.32 Å². The largest absolute Gasteiger partial charge is 0.322 e. The van der Waals surface area contributed by atoms with Crippen LogP contribution in [0.5, 0.6) is 0 Å². The lowest BCUT2D eigenvalue weighted by atomic mass is 10.2. The Labute approximate surface area is 161 Å². The van der Waals surface area contributed by atoms with Crippen LogP contribution in [-0.2, 0) is 4.79 Å². The summed E-state index contributed by atoms with van der Waals surface area (Å²) in [7, 11) is 0. The van der Waals surface area contributed by atoms with Crippen LogP contribution in [0.15, 0.2) is 79.0 Å². The Kier molecular flexibility index (Phi) is 5.91. The Bertz CT molecular complexity index is 1100. The zero-order valence-electron chi connectivity index (χ0n) is 14.7. The van der Waals surface area contributed by atoms with E-state index < -0.39 is 4.92 Å². The molecule has 136 valence electrons. The van der Waals surface area contributed by atoms with Crippen molar-refractivity contribution in [3.8, 4) is 11.8 Å². The normalized spacial score (nSPS) is 10.1. The Morgan fingerprint density at radius 1 is 1.04 bits per heavy atom. The van der Waals surface area contributed by atoms with Gasteiger partial charge in [-0.3, -0.25) is 14.9 Å². The predicted octanol–water partition coefficient (Wildman–Crippen LogP) is 4.04. The van der Waals surface area contributed by atoms with Gasteiger partial charge in [-0.25, -0.2) is 4.98 Å². The maximum absolute atomic E-state index is 12.1. The molecule has 0 spiro atoms. The van der Waals surface area contributed by atoms with Crippen molar-refractivity contribution in [3.05, 3.63) is 106 Å². The van der Waals surface area contributed by atoms with Crippen molar-refractivity contribution >= 4 is 23.4 Å². The van der Waals surface area contributed by atoms with Gasteiger partial charge in [0.25, 0.3) is 5.69 Å². The number of nitrogens with one attached hydrogen (secondary N) is 1. The van der Waals surface area contributed by atoms with Gasteiger partial charge in [-0.1, -0.05) is 30.2 Å². The highest BCUT2D eigenvalue weighted by Crippen LogP contribution is 2.14. The first-order valence-corrected chi connectivity index (χ1v) is 8.37. The number of non-ortho nitro benzene ring substituents is 1. The number of nitrogens with zero attached hydrogens (tertiary/aromatic N) is 2. The van der Waals surface area contributed by atoms with Crippen molar-refractivity contribution in [2.75, 3.05) is 5.32 Å². The van der Waals surface area contributed by atoms with Crippen LogP contribution in [-0.4, -0.2) is 15.8 Å². The topological polar surface area (TPSA) is 85.1 Å². The van der Waals surface area contributed by atoms with Crippen LogP contribution in [0, 0.1) is 22.0 Å². The van der Waals surface area contributed by atoms with E-state index in [4.69, 9.17) is 0 Å². The molecule has 0 saturated heterocycles. The van der Waals surface area contributed by atoms with Gasteiger partial charge in [-0.05, 0) is 47.9 Å². The number of nitro groups is 1. The molecule has 6 heteroatoms. The highest BCUT2D eigenvalue weighted by Gasteiger charge is 2.04. The average molecular weight is 369 g/mol. The Morgan fingerprint density at radius 2 is 1.89 bits per heavy atom. The van der Waals surface area contributed by atoms with Crippen LogP contribution >= 0.6 is 0 Å². The van der Waals surface area contributed by atoms with E-state index in [1.54, 1.807) is 36.5 Å². The van der Waals surface area contributed by atoms with E-state index in [1.165, 1.54) is 24.3 Å². The molecule has 28 heavy (non-hydrogen) atoms. The lowest BCUT2D eigenvalue weighted by Gasteiger charge is -2.02. The fourth-order valence-corrected chi connectivity index (χ4v) is 2.35. The van der Waals surface area contributed by atoms with Crippen LogP contribution in [0.2, 0.25) is 0 Å². The summed E-state index contributed by atoms with van der Waals surface area (Å²) in [6, 6.07) is 18.7. The molecule has 0 saturated carbocycles. The number of carbonyl (C=O) groups excluding carboxylic acids is 1. The molecule has 0 fully saturated rings. The van der Waals surface area contributed by atoms with Gasteiger partial charge in [-0.2, -0.15) is 0 Å². The molecule has 0 radical (unpaired) electrons. The number of rotatable bonds is 4. The predicted molar refractivity (Wildman–Crippen MR) is 107 cm³/mol. The van der Waals surface area contributed by atoms with Gasteiger partial charge in [0.1, 0.15) is 5.69 Å². The number of amides is 1. The van der Waals surface area contributed by atoms with Crippen molar-refractivity contribution < 1.29 is 9.72 Å². The van der Waals surface area contributed by atoms with Crippen LogP contribution in [0.4, 0.5) is 11.4 Å². The number of aromatic nitrogens is 1. The van der Waals surface area contributed by atoms with Gasteiger partial charge in [-0.15, -0.1) is 0 Å². The van der Waals surface area contributed by atoms with E-state index in [9.17, 15) is 14.9 Å². The molecule has 6 nitrogen and oxygen atoms in total. The molecule has 0 atom stereocenters. The average Bonchev–Trinajstić information content (AvgIpc) is 2.72. The summed E-state index contributed by atoms with van der Waals surface area (Å²) in [5, 5.41) is 13.5. The minimum Gasteiger partial charge on any atom is -0.322 e. The summed E-state index contributed by atoms with van der Waals surface area (Å²) in [5.41, 5.74) is 2.55. The van der Waals surface area contributed by atoms with Crippen LogP contribution in [0.3, 0.4) is 0 Å². The first-order chi connectivity index (χ1) is 13.6. The fourth-order valence-electron chi connectivity index (χ4n) is 2.35. The van der Waals surface area contributed by atoms with Crippen molar-refractivity contribution in [2.24, 2.45) is 0 Å². The number of hydrogen-bond acceptors (Lipinski definition) is 4. The molecule has 0 aliphatic heterocycles. The maximum Gasteiger partial charge on any atom is 0.270 e. The summed E-state index contributed by atoms with van der Waals surface area (Å²) in [5.74, 6) is 5.62. The van der Waals surface area contributed by atoms with Gasteiger partial charge in [0.05, 0.1) is 4.92 Å². The van der Waals surface area contributed by atoms with Crippen LogP contribution in [0.1, 0.15) is 16.8 Å². The Morgan fingerprint density at radius 3 is 2.68 bits per heavy atom. The molecule has 1 heterocycles. The quantitative estimate of drug-likeness (QED) is 0.325. The molecule has 1 aromatic heterocycles. The van der Waals surface area contributed by atoms with Crippen molar-refractivity contribution in [2.45, 2.75) is 0 Å². The first-order valence-electron chi connectivity index (χ1n) is 8.37.